The number of nitrogens with two attached hydrogens (primary N) is 2. The summed E-state index contributed by atoms with van der Waals surface area (Å²) in [6.07, 6.45) is 7.85. The van der Waals surface area contributed by atoms with Gasteiger partial charge in [0.05, 0.1) is 34.1 Å². The van der Waals surface area contributed by atoms with Crippen LogP contribution >= 0.6 is 42.5 Å². The van der Waals surface area contributed by atoms with Crippen molar-refractivity contribution in [3.05, 3.63) is 194 Å². The van der Waals surface area contributed by atoms with Crippen LogP contribution in [0.4, 0.5) is 49.5 Å². The van der Waals surface area contributed by atoms with E-state index in [0.717, 1.165) is 57.7 Å². The fraction of sp³-hybridized carbons (Fsp3) is 0.224. The highest BCUT2D eigenvalue weighted by atomic mass is 79.9. The number of amides is 2. The third-order valence-electron chi connectivity index (χ3n) is 12.6. The van der Waals surface area contributed by atoms with Gasteiger partial charge in [-0.3, -0.25) is 19.6 Å². The van der Waals surface area contributed by atoms with Crippen molar-refractivity contribution in [1.82, 2.24) is 24.9 Å². The largest absolute Gasteiger partial charge is 0.495 e. The Labute approximate surface area is 538 Å². The molecule has 0 radical (unpaired) electrons. The van der Waals surface area contributed by atoms with Crippen LogP contribution in [0.15, 0.2) is 152 Å². The van der Waals surface area contributed by atoms with E-state index in [2.05, 4.69) is 67.4 Å². The van der Waals surface area contributed by atoms with E-state index in [1.807, 2.05) is 46.8 Å². The van der Waals surface area contributed by atoms with Gasteiger partial charge in [0, 0.05) is 99.5 Å². The Morgan fingerprint density at radius 3 is 1.44 bits per heavy atom. The lowest BCUT2D eigenvalue weighted by molar-refractivity contribution is -0.115. The normalized spacial score (nSPS) is 13.0. The van der Waals surface area contributed by atoms with Gasteiger partial charge in [0.15, 0.2) is 19.7 Å². The summed E-state index contributed by atoms with van der Waals surface area (Å²) in [4.78, 5) is 40.6. The summed E-state index contributed by atoms with van der Waals surface area (Å²) in [6, 6.07) is 18.6. The summed E-state index contributed by atoms with van der Waals surface area (Å²) in [7, 11) is -7.78. The molecule has 1 saturated heterocycles. The highest BCUT2D eigenvalue weighted by Crippen LogP contribution is 2.37. The Kier molecular flexibility index (Phi) is 26.3. The number of rotatable bonds is 11. The van der Waals surface area contributed by atoms with Crippen molar-refractivity contribution < 1.29 is 70.5 Å². The first-order valence-corrected chi connectivity index (χ1v) is 32.8. The highest BCUT2D eigenvalue weighted by Gasteiger charge is 2.51. The first kappa shape index (κ1) is 75.1. The number of nitrogens with one attached hydrogen (secondary N) is 2. The van der Waals surface area contributed by atoms with Gasteiger partial charge in [0.2, 0.25) is 11.8 Å². The summed E-state index contributed by atoms with van der Waals surface area (Å²) in [5.74, 6) is -6.56. The number of benzene rings is 3. The molecule has 2 amide bonds. The molecule has 19 nitrogen and oxygen atoms in total. The molecule has 1 fully saturated rings. The Bertz CT molecular complexity index is 4270. The number of pyridine rings is 5. The van der Waals surface area contributed by atoms with Crippen LogP contribution in [0.2, 0.25) is 0 Å². The molecule has 0 atom stereocenters. The van der Waals surface area contributed by atoms with E-state index in [1.54, 1.807) is 49.8 Å². The molecule has 32 heteroatoms. The fourth-order valence-corrected chi connectivity index (χ4v) is 11.9. The maximum atomic E-state index is 14.0. The number of hydrogen-bond acceptors (Lipinski definition) is 17. The monoisotopic (exact) mass is 1460 g/mol. The van der Waals surface area contributed by atoms with Crippen molar-refractivity contribution in [1.29, 1.82) is 0 Å². The molecule has 8 aromatic rings. The van der Waals surface area contributed by atoms with Crippen molar-refractivity contribution in [2.24, 2.45) is 0 Å². The second-order valence-electron chi connectivity index (χ2n) is 20.0. The third-order valence-corrected chi connectivity index (χ3v) is 18.2. The van der Waals surface area contributed by atoms with Crippen molar-refractivity contribution in [2.75, 3.05) is 22.1 Å². The number of carbonyl (C=O) groups excluding carboxylic acids is 2. The Hall–Kier alpha value is -7.39. The number of hydrogen-bond donors (Lipinski definition) is 4. The molecule has 6 heterocycles. The first-order chi connectivity index (χ1) is 41.3. The maximum absolute atomic E-state index is 14.0. The van der Waals surface area contributed by atoms with Crippen molar-refractivity contribution in [3.63, 3.8) is 0 Å². The summed E-state index contributed by atoms with van der Waals surface area (Å²) < 4.78 is 162. The summed E-state index contributed by atoms with van der Waals surface area (Å²) >= 11 is 6.40. The van der Waals surface area contributed by atoms with E-state index in [-0.39, 0.29) is 41.8 Å². The van der Waals surface area contributed by atoms with Crippen LogP contribution in [0.25, 0.3) is 11.1 Å². The van der Waals surface area contributed by atoms with Gasteiger partial charge < -0.3 is 31.4 Å². The minimum absolute atomic E-state index is 0. The van der Waals surface area contributed by atoms with Gasteiger partial charge in [-0.15, -0.1) is 0 Å². The van der Waals surface area contributed by atoms with E-state index in [1.165, 1.54) is 32.3 Å². The van der Waals surface area contributed by atoms with Crippen LogP contribution in [0.3, 0.4) is 0 Å². The average Bonchev–Trinajstić information content (AvgIpc) is 1.56. The van der Waals surface area contributed by atoms with Gasteiger partial charge in [-0.05, 0) is 169 Å². The fourth-order valence-electron chi connectivity index (χ4n) is 7.39. The van der Waals surface area contributed by atoms with Crippen LogP contribution in [0.5, 0.6) is 0 Å². The standard InChI is InChI=1S/C20H17F2N3O3S.C13H19BN2O3.C12H9BrF2N2O2S.C6H7BrN2.C6H3ClF2O2S.CH4/c1-12-16(11-29(27,28)19-4-3-17(21)9-18(19)22)7-15(10-24-12)14-5-6-23-20(8-14)25-13(2)26;1-9(17)16-11-8-10(6-7-15-11)14-18-12(2,3)13(4,5)19-14;13-8-3-7(12(16)17-5-8)6-20(18,19)11-2-1-9(14)4-10(11)15;1-4-6(8)2-5(7)3-9-4;7-12(10,11)6-2-1-4(8)3-5(6)9;/h3-10H,11H2,1-2H3,(H,23,25,26);6-8H,1-5H3,(H,15,16,17);1-5H,6H2,(H2,16,17);2-3H,8H2,1H3;1-3H;1H4. The van der Waals surface area contributed by atoms with Crippen LogP contribution in [-0.4, -0.2) is 80.3 Å². The van der Waals surface area contributed by atoms with Crippen molar-refractivity contribution in [3.8, 4) is 11.1 Å². The first-order valence-electron chi connectivity index (χ1n) is 25.6. The molecule has 1 aliphatic rings. The number of carbonyl (C=O) groups is 2. The second-order valence-corrected chi connectivity index (χ2v) is 28.3. The molecule has 9 rings (SSSR count). The third kappa shape index (κ3) is 21.7. The SMILES string of the molecule is C.CC(=O)Nc1cc(-c2cnc(C)c(CS(=O)(=O)c3ccc(F)cc3F)c2)ccn1.CC(=O)Nc1cc(B2OC(C)(C)C(C)(C)O2)ccn1.Cc1ncc(Br)cc1N.Nc1ncc(Br)cc1CS(=O)(=O)c1ccc(F)cc1F.O=S(=O)(Cl)c1ccc(F)cc1F. The number of aromatic nitrogens is 5. The van der Waals surface area contributed by atoms with E-state index in [0.29, 0.717) is 56.7 Å². The lowest BCUT2D eigenvalue weighted by Crippen LogP contribution is -2.41. The molecule has 1 aliphatic heterocycles. The minimum Gasteiger partial charge on any atom is -0.399 e. The number of nitrogen functional groups attached to an aromatic ring is 2. The van der Waals surface area contributed by atoms with Gasteiger partial charge in [0.1, 0.15) is 67.0 Å². The predicted octanol–water partition coefficient (Wildman–Crippen LogP) is 11.9. The molecule has 5 aromatic heterocycles. The number of anilines is 4. The molecule has 480 valence electrons. The van der Waals surface area contributed by atoms with Crippen LogP contribution in [0.1, 0.15) is 71.5 Å². The molecule has 0 aliphatic carbocycles. The quantitative estimate of drug-likeness (QED) is 0.0405. The van der Waals surface area contributed by atoms with Crippen molar-refractivity contribution in [2.45, 2.75) is 100 Å². The predicted molar refractivity (Wildman–Crippen MR) is 339 cm³/mol. The van der Waals surface area contributed by atoms with E-state index in [9.17, 15) is 61.2 Å². The average molecular weight is 1460 g/mol. The van der Waals surface area contributed by atoms with Crippen molar-refractivity contribution >= 4 is 119 Å². The lowest BCUT2D eigenvalue weighted by atomic mass is 9.80. The lowest BCUT2D eigenvalue weighted by Gasteiger charge is -2.32. The van der Waals surface area contributed by atoms with Gasteiger partial charge in [-0.25, -0.2) is 66.5 Å². The minimum atomic E-state index is -4.12. The Morgan fingerprint density at radius 1 is 0.556 bits per heavy atom. The zero-order valence-electron chi connectivity index (χ0n) is 48.2. The van der Waals surface area contributed by atoms with E-state index < -0.39 is 96.9 Å². The molecular weight excluding hydrogens is 1400 g/mol. The van der Waals surface area contributed by atoms with E-state index in [4.69, 9.17) is 31.5 Å². The molecule has 0 bridgehead atoms. The van der Waals surface area contributed by atoms with Crippen LogP contribution in [0, 0.1) is 48.8 Å². The highest BCUT2D eigenvalue weighted by molar-refractivity contribution is 9.10. The molecule has 0 unspecified atom stereocenters. The summed E-state index contributed by atoms with van der Waals surface area (Å²) in [6.45, 7) is 14.3. The van der Waals surface area contributed by atoms with Crippen LogP contribution in [-0.2, 0) is 59.1 Å². The second kappa shape index (κ2) is 31.6. The van der Waals surface area contributed by atoms with E-state index >= 15 is 0 Å². The zero-order valence-corrected chi connectivity index (χ0v) is 54.6. The maximum Gasteiger partial charge on any atom is 0.495 e. The molecule has 0 spiro atoms. The van der Waals surface area contributed by atoms with Crippen LogP contribution < -0.4 is 27.6 Å². The molecule has 90 heavy (non-hydrogen) atoms. The summed E-state index contributed by atoms with van der Waals surface area (Å²) in [5, 5.41) is 5.22. The van der Waals surface area contributed by atoms with Gasteiger partial charge >= 0.3 is 7.12 Å². The molecule has 3 aromatic carbocycles. The van der Waals surface area contributed by atoms with Gasteiger partial charge in [0.25, 0.3) is 9.05 Å². The van der Waals surface area contributed by atoms with Gasteiger partial charge in [-0.1, -0.05) is 7.43 Å². The number of aryl methyl sites for hydroxylation is 2. The van der Waals surface area contributed by atoms with Gasteiger partial charge in [-0.2, -0.15) is 0 Å². The Balaban J connectivity index is 0.000000252. The zero-order chi connectivity index (χ0) is 66.6. The molecular formula is C58H59BBr2ClF6N9O10S3. The number of sulfone groups is 2. The topological polar surface area (TPSA) is 296 Å². The number of nitrogens with zero attached hydrogens (tertiary/aromatic N) is 5. The Morgan fingerprint density at radius 2 is 0.989 bits per heavy atom. The molecule has 0 saturated carbocycles. The number of halogens is 9. The summed E-state index contributed by atoms with van der Waals surface area (Å²) in [5.41, 5.74) is 15.2. The smallest absolute Gasteiger partial charge is 0.399 e. The molecule has 6 N–H and O–H groups in total.